The Morgan fingerprint density at radius 2 is 1.71 bits per heavy atom. The second kappa shape index (κ2) is 6.53. The van der Waals surface area contributed by atoms with Crippen molar-refractivity contribution in [3.63, 3.8) is 0 Å². The van der Waals surface area contributed by atoms with Crippen LogP contribution in [0.5, 0.6) is 0 Å². The van der Waals surface area contributed by atoms with E-state index in [-0.39, 0.29) is 12.1 Å². The molecule has 1 fully saturated rings. The molecular formula is C17H23F3N2O2. The summed E-state index contributed by atoms with van der Waals surface area (Å²) in [4.78, 5) is 15.8. The number of piperazine rings is 1. The molecule has 0 saturated carbocycles. The fraction of sp³-hybridized carbons (Fsp3) is 0.588. The molecule has 0 bridgehead atoms. The minimum absolute atomic E-state index is 0.0871. The Labute approximate surface area is 140 Å². The van der Waals surface area contributed by atoms with Gasteiger partial charge in [0, 0.05) is 31.4 Å². The number of nitrogens with zero attached hydrogens (tertiary/aromatic N) is 2. The smallest absolute Gasteiger partial charge is 0.416 e. The molecule has 1 amide bonds. The van der Waals surface area contributed by atoms with Crippen LogP contribution in [0.15, 0.2) is 24.3 Å². The Morgan fingerprint density at radius 1 is 1.12 bits per heavy atom. The number of alkyl halides is 3. The third kappa shape index (κ3) is 4.55. The van der Waals surface area contributed by atoms with E-state index in [0.29, 0.717) is 19.6 Å². The number of anilines is 1. The summed E-state index contributed by atoms with van der Waals surface area (Å²) >= 11 is 0. The predicted molar refractivity (Wildman–Crippen MR) is 86.1 cm³/mol. The lowest BCUT2D eigenvalue weighted by Gasteiger charge is -2.41. The summed E-state index contributed by atoms with van der Waals surface area (Å²) in [5.74, 6) is 0. The lowest BCUT2D eigenvalue weighted by Crippen LogP contribution is -2.55. The molecule has 0 radical (unpaired) electrons. The van der Waals surface area contributed by atoms with Crippen LogP contribution in [0.4, 0.5) is 23.7 Å². The highest BCUT2D eigenvalue weighted by atomic mass is 19.4. The molecule has 1 aliphatic rings. The van der Waals surface area contributed by atoms with Crippen LogP contribution >= 0.6 is 0 Å². The van der Waals surface area contributed by atoms with Gasteiger partial charge >= 0.3 is 12.3 Å². The maximum absolute atomic E-state index is 12.6. The van der Waals surface area contributed by atoms with Crippen molar-refractivity contribution in [1.29, 1.82) is 0 Å². The zero-order valence-electron chi connectivity index (χ0n) is 14.4. The Bertz CT molecular complexity index is 579. The van der Waals surface area contributed by atoms with E-state index in [1.807, 2.05) is 32.6 Å². The van der Waals surface area contributed by atoms with Crippen LogP contribution in [0.3, 0.4) is 0 Å². The highest BCUT2D eigenvalue weighted by Gasteiger charge is 2.32. The Kier molecular flexibility index (Phi) is 5.01. The molecule has 1 atom stereocenters. The van der Waals surface area contributed by atoms with Crippen molar-refractivity contribution in [3.8, 4) is 0 Å². The first kappa shape index (κ1) is 18.4. The number of amides is 1. The molecule has 2 rings (SSSR count). The van der Waals surface area contributed by atoms with E-state index >= 15 is 0 Å². The van der Waals surface area contributed by atoms with Crippen LogP contribution < -0.4 is 4.90 Å². The largest absolute Gasteiger partial charge is 0.444 e. The Hall–Kier alpha value is -1.92. The summed E-state index contributed by atoms with van der Waals surface area (Å²) in [5.41, 5.74) is -0.494. The fourth-order valence-electron chi connectivity index (χ4n) is 2.65. The van der Waals surface area contributed by atoms with Gasteiger partial charge in [-0.05, 0) is 52.0 Å². The van der Waals surface area contributed by atoms with Gasteiger partial charge in [-0.3, -0.25) is 0 Å². The van der Waals surface area contributed by atoms with E-state index in [4.69, 9.17) is 4.74 Å². The lowest BCUT2D eigenvalue weighted by atomic mass is 10.1. The topological polar surface area (TPSA) is 32.8 Å². The molecule has 24 heavy (non-hydrogen) atoms. The molecule has 1 aliphatic heterocycles. The average Bonchev–Trinajstić information content (AvgIpc) is 2.44. The van der Waals surface area contributed by atoms with E-state index in [1.165, 1.54) is 12.1 Å². The van der Waals surface area contributed by atoms with Crippen molar-refractivity contribution in [2.75, 3.05) is 24.5 Å². The molecule has 1 saturated heterocycles. The van der Waals surface area contributed by atoms with E-state index in [1.54, 1.807) is 4.90 Å². The number of ether oxygens (including phenoxy) is 1. The molecular weight excluding hydrogens is 321 g/mol. The van der Waals surface area contributed by atoms with Gasteiger partial charge in [0.05, 0.1) is 5.56 Å². The number of halogens is 3. The first-order valence-electron chi connectivity index (χ1n) is 7.89. The summed E-state index contributed by atoms with van der Waals surface area (Å²) in [6, 6.07) is 5.02. The van der Waals surface area contributed by atoms with Crippen LogP contribution in [0.1, 0.15) is 33.3 Å². The zero-order valence-corrected chi connectivity index (χ0v) is 14.4. The van der Waals surface area contributed by atoms with E-state index in [2.05, 4.69) is 0 Å². The Balaban J connectivity index is 2.01. The molecule has 4 nitrogen and oxygen atoms in total. The van der Waals surface area contributed by atoms with Crippen LogP contribution in [0.25, 0.3) is 0 Å². The molecule has 0 aromatic heterocycles. The van der Waals surface area contributed by atoms with Gasteiger partial charge in [0.15, 0.2) is 0 Å². The predicted octanol–water partition coefficient (Wildman–Crippen LogP) is 4.15. The van der Waals surface area contributed by atoms with Crippen LogP contribution in [0, 0.1) is 0 Å². The number of hydrogen-bond donors (Lipinski definition) is 0. The average molecular weight is 344 g/mol. The molecule has 7 heteroatoms. The normalized spacial score (nSPS) is 19.4. The number of carbonyl (C=O) groups excluding carboxylic acids is 1. The SMILES string of the molecule is CC1CN(c2ccc(C(F)(F)F)cc2)CCN1C(=O)OC(C)(C)C. The zero-order chi connectivity index (χ0) is 18.1. The van der Waals surface area contributed by atoms with Gasteiger partial charge in [-0.15, -0.1) is 0 Å². The van der Waals surface area contributed by atoms with Gasteiger partial charge in [-0.2, -0.15) is 13.2 Å². The van der Waals surface area contributed by atoms with Gasteiger partial charge in [0.1, 0.15) is 5.60 Å². The molecule has 134 valence electrons. The van der Waals surface area contributed by atoms with Gasteiger partial charge in [0.2, 0.25) is 0 Å². The second-order valence-corrected chi connectivity index (χ2v) is 7.01. The molecule has 1 aromatic rings. The molecule has 0 spiro atoms. The molecule has 1 heterocycles. The minimum Gasteiger partial charge on any atom is -0.444 e. The summed E-state index contributed by atoms with van der Waals surface area (Å²) in [6.45, 7) is 8.91. The van der Waals surface area contributed by atoms with Gasteiger partial charge < -0.3 is 14.5 Å². The third-order valence-corrected chi connectivity index (χ3v) is 3.82. The van der Waals surface area contributed by atoms with Gasteiger partial charge in [-0.25, -0.2) is 4.79 Å². The number of rotatable bonds is 1. The van der Waals surface area contributed by atoms with Crippen molar-refractivity contribution in [2.24, 2.45) is 0 Å². The van der Waals surface area contributed by atoms with E-state index < -0.39 is 17.3 Å². The first-order chi connectivity index (χ1) is 11.0. The molecule has 1 unspecified atom stereocenters. The van der Waals surface area contributed by atoms with Gasteiger partial charge in [-0.1, -0.05) is 0 Å². The van der Waals surface area contributed by atoms with Crippen molar-refractivity contribution >= 4 is 11.8 Å². The highest BCUT2D eigenvalue weighted by molar-refractivity contribution is 5.69. The molecule has 1 aromatic carbocycles. The van der Waals surface area contributed by atoms with E-state index in [0.717, 1.165) is 17.8 Å². The maximum Gasteiger partial charge on any atom is 0.416 e. The van der Waals surface area contributed by atoms with Crippen LogP contribution in [-0.4, -0.2) is 42.3 Å². The lowest BCUT2D eigenvalue weighted by molar-refractivity contribution is -0.137. The highest BCUT2D eigenvalue weighted by Crippen LogP contribution is 2.31. The summed E-state index contributed by atoms with van der Waals surface area (Å²) in [5, 5.41) is 0. The summed E-state index contributed by atoms with van der Waals surface area (Å²) < 4.78 is 43.3. The number of benzene rings is 1. The van der Waals surface area contributed by atoms with Crippen molar-refractivity contribution in [2.45, 2.75) is 45.5 Å². The standard InChI is InChI=1S/C17H23F3N2O2/c1-12-11-21(9-10-22(12)15(23)24-16(2,3)4)14-7-5-13(6-8-14)17(18,19)20/h5-8,12H,9-11H2,1-4H3. The third-order valence-electron chi connectivity index (χ3n) is 3.82. The quantitative estimate of drug-likeness (QED) is 0.767. The maximum atomic E-state index is 12.6. The van der Waals surface area contributed by atoms with Gasteiger partial charge in [0.25, 0.3) is 0 Å². The molecule has 0 N–H and O–H groups in total. The summed E-state index contributed by atoms with van der Waals surface area (Å²) in [6.07, 6.45) is -4.69. The summed E-state index contributed by atoms with van der Waals surface area (Å²) in [7, 11) is 0. The Morgan fingerprint density at radius 3 is 2.17 bits per heavy atom. The molecule has 0 aliphatic carbocycles. The van der Waals surface area contributed by atoms with E-state index in [9.17, 15) is 18.0 Å². The minimum atomic E-state index is -4.33. The number of hydrogen-bond acceptors (Lipinski definition) is 3. The number of carbonyl (C=O) groups is 1. The monoisotopic (exact) mass is 344 g/mol. The second-order valence-electron chi connectivity index (χ2n) is 7.01. The van der Waals surface area contributed by atoms with Crippen LogP contribution in [-0.2, 0) is 10.9 Å². The van der Waals surface area contributed by atoms with Crippen LogP contribution in [0.2, 0.25) is 0 Å². The van der Waals surface area contributed by atoms with Crippen molar-refractivity contribution in [3.05, 3.63) is 29.8 Å². The van der Waals surface area contributed by atoms with Crippen molar-refractivity contribution < 1.29 is 22.7 Å². The van der Waals surface area contributed by atoms with Crippen molar-refractivity contribution in [1.82, 2.24) is 4.90 Å². The first-order valence-corrected chi connectivity index (χ1v) is 7.89. The fourth-order valence-corrected chi connectivity index (χ4v) is 2.65.